The minimum absolute atomic E-state index is 0.804. The van der Waals surface area contributed by atoms with Crippen LogP contribution in [-0.2, 0) is 57.8 Å². The van der Waals surface area contributed by atoms with Crippen molar-refractivity contribution in [2.45, 2.75) is 234 Å². The van der Waals surface area contributed by atoms with Crippen molar-refractivity contribution in [1.29, 1.82) is 0 Å². The van der Waals surface area contributed by atoms with Crippen LogP contribution in [0, 0.1) is 0 Å². The molecule has 3 heterocycles. The van der Waals surface area contributed by atoms with Gasteiger partial charge in [0.1, 0.15) is 17.2 Å². The number of hydrogen-bond donors (Lipinski definition) is 0. The molecule has 9 aromatic rings. The maximum Gasteiger partial charge on any atom is 0.119 e. The second kappa shape index (κ2) is 46.4. The molecule has 0 bridgehead atoms. The van der Waals surface area contributed by atoms with E-state index in [1.807, 2.05) is 0 Å². The van der Waals surface area contributed by atoms with Gasteiger partial charge in [-0.3, -0.25) is 15.0 Å². The van der Waals surface area contributed by atoms with E-state index in [1.165, 1.54) is 199 Å². The van der Waals surface area contributed by atoms with E-state index in [-0.39, 0.29) is 0 Å². The number of nitrogens with zero attached hydrogens (tertiary/aromatic N) is 3. The van der Waals surface area contributed by atoms with E-state index in [0.717, 1.165) is 114 Å². The van der Waals surface area contributed by atoms with Crippen LogP contribution >= 0.6 is 0 Å². The molecule has 0 amide bonds. The highest BCUT2D eigenvalue weighted by molar-refractivity contribution is 5.66. The summed E-state index contributed by atoms with van der Waals surface area (Å²) >= 11 is 0. The molecule has 0 unspecified atom stereocenters. The zero-order chi connectivity index (χ0) is 67.3. The molecule has 0 N–H and O–H groups in total. The van der Waals surface area contributed by atoms with Crippen LogP contribution in [0.1, 0.15) is 227 Å². The third kappa shape index (κ3) is 29.7. The highest BCUT2D eigenvalue weighted by Crippen LogP contribution is 2.27. The number of hydrogen-bond acceptors (Lipinski definition) is 6. The second-order valence-corrected chi connectivity index (χ2v) is 26.2. The van der Waals surface area contributed by atoms with Gasteiger partial charge in [-0.1, -0.05) is 265 Å². The van der Waals surface area contributed by atoms with E-state index in [9.17, 15) is 0 Å². The minimum atomic E-state index is 0.804. The molecule has 9 rings (SSSR count). The summed E-state index contributed by atoms with van der Waals surface area (Å²) in [6.07, 6.45) is 42.0. The van der Waals surface area contributed by atoms with E-state index < -0.39 is 0 Å². The Morgan fingerprint density at radius 3 is 0.677 bits per heavy atom. The third-order valence-electron chi connectivity index (χ3n) is 18.1. The third-order valence-corrected chi connectivity index (χ3v) is 18.1. The molecule has 0 radical (unpaired) electrons. The van der Waals surface area contributed by atoms with Crippen molar-refractivity contribution in [3.05, 3.63) is 251 Å². The first-order valence-corrected chi connectivity index (χ1v) is 37.6. The van der Waals surface area contributed by atoms with Gasteiger partial charge in [-0.15, -0.1) is 0 Å². The van der Waals surface area contributed by atoms with Crippen molar-refractivity contribution in [1.82, 2.24) is 15.0 Å². The highest BCUT2D eigenvalue weighted by Gasteiger charge is 2.08. The molecule has 3 aromatic heterocycles. The Morgan fingerprint density at radius 2 is 0.417 bits per heavy atom. The minimum Gasteiger partial charge on any atom is -0.494 e. The Morgan fingerprint density at radius 1 is 0.198 bits per heavy atom. The number of ether oxygens (including phenoxy) is 3. The molecule has 0 aliphatic heterocycles. The molecule has 6 aromatic carbocycles. The van der Waals surface area contributed by atoms with Crippen molar-refractivity contribution in [3.8, 4) is 50.6 Å². The highest BCUT2D eigenvalue weighted by atomic mass is 16.5. The molecule has 6 heteroatoms. The lowest BCUT2D eigenvalue weighted by Gasteiger charge is -2.08. The van der Waals surface area contributed by atoms with Crippen molar-refractivity contribution in [2.24, 2.45) is 0 Å². The Balaban J connectivity index is 0.000000203. The molecule has 0 aliphatic carbocycles. The van der Waals surface area contributed by atoms with E-state index in [1.54, 1.807) is 0 Å². The average molecular weight is 1290 g/mol. The first kappa shape index (κ1) is 75.5. The lowest BCUT2D eigenvalue weighted by atomic mass is 10.0. The first-order valence-electron chi connectivity index (χ1n) is 37.6. The van der Waals surface area contributed by atoms with Crippen LogP contribution < -0.4 is 14.2 Å². The van der Waals surface area contributed by atoms with Gasteiger partial charge in [-0.25, -0.2) is 0 Å². The molecular weight excluding hydrogens is 1170 g/mol. The van der Waals surface area contributed by atoms with Crippen molar-refractivity contribution >= 4 is 0 Å². The summed E-state index contributed by atoms with van der Waals surface area (Å²) in [6, 6.07) is 65.6. The molecule has 0 saturated heterocycles. The van der Waals surface area contributed by atoms with E-state index in [0.29, 0.717) is 0 Å². The molecular formula is C90H117N3O3. The molecule has 510 valence electrons. The van der Waals surface area contributed by atoms with Gasteiger partial charge in [0.15, 0.2) is 0 Å². The fourth-order valence-corrected chi connectivity index (χ4v) is 11.8. The number of aromatic nitrogens is 3. The first-order chi connectivity index (χ1) is 47.3. The number of aryl methyl sites for hydroxylation is 9. The number of benzene rings is 6. The van der Waals surface area contributed by atoms with E-state index >= 15 is 0 Å². The van der Waals surface area contributed by atoms with Crippen LogP contribution in [0.15, 0.2) is 201 Å². The molecule has 6 nitrogen and oxygen atoms in total. The van der Waals surface area contributed by atoms with Crippen LogP contribution in [0.4, 0.5) is 0 Å². The van der Waals surface area contributed by atoms with Crippen molar-refractivity contribution in [2.75, 3.05) is 19.8 Å². The van der Waals surface area contributed by atoms with Gasteiger partial charge in [-0.2, -0.15) is 0 Å². The van der Waals surface area contributed by atoms with Crippen molar-refractivity contribution in [3.63, 3.8) is 0 Å². The maximum atomic E-state index is 5.90. The smallest absolute Gasteiger partial charge is 0.119 e. The summed E-state index contributed by atoms with van der Waals surface area (Å²) in [5, 5.41) is 0. The zero-order valence-electron chi connectivity index (χ0n) is 60.0. The van der Waals surface area contributed by atoms with Gasteiger partial charge >= 0.3 is 0 Å². The van der Waals surface area contributed by atoms with Crippen LogP contribution in [0.5, 0.6) is 17.2 Å². The fraction of sp³-hybridized carbons (Fsp3) is 0.433. The number of pyridine rings is 3. The Hall–Kier alpha value is -7.83. The molecule has 0 atom stereocenters. The van der Waals surface area contributed by atoms with Gasteiger partial charge in [0.05, 0.1) is 19.8 Å². The van der Waals surface area contributed by atoms with Crippen LogP contribution in [0.2, 0.25) is 0 Å². The SMILES string of the molecule is CCCCCCCOc1ccc(-c2ccc(CCc3ccc(CCCCC)cn3)cc2)cc1.CCCCCCOc1ccc(-c2ccc(CCc3ccc(CCCCC)cn3)cc2)cc1.CCCCCOc1ccc(-c2ccc(CCc3ccc(CCCCC)cn3)cc2)cc1. The van der Waals surface area contributed by atoms with Crippen molar-refractivity contribution < 1.29 is 14.2 Å². The van der Waals surface area contributed by atoms with E-state index in [2.05, 4.69) is 257 Å². The van der Waals surface area contributed by atoms with Gasteiger partial charge in [0.25, 0.3) is 0 Å². The Kier molecular flexibility index (Phi) is 36.5. The molecule has 0 saturated carbocycles. The summed E-state index contributed by atoms with van der Waals surface area (Å²) < 4.78 is 17.6. The zero-order valence-corrected chi connectivity index (χ0v) is 60.0. The topological polar surface area (TPSA) is 66.4 Å². The largest absolute Gasteiger partial charge is 0.494 e. The summed E-state index contributed by atoms with van der Waals surface area (Å²) in [5.41, 5.74) is 19.1. The fourth-order valence-electron chi connectivity index (χ4n) is 11.8. The normalized spacial score (nSPS) is 10.9. The maximum absolute atomic E-state index is 5.90. The monoisotopic (exact) mass is 1290 g/mol. The number of unbranched alkanes of at least 4 members (excludes halogenated alkanes) is 15. The molecule has 0 aliphatic rings. The van der Waals surface area contributed by atoms with Crippen LogP contribution in [0.25, 0.3) is 33.4 Å². The lowest BCUT2D eigenvalue weighted by Crippen LogP contribution is -1.97. The van der Waals surface area contributed by atoms with Gasteiger partial charge < -0.3 is 14.2 Å². The molecule has 0 spiro atoms. The Bertz CT molecular complexity index is 3380. The van der Waals surface area contributed by atoms with Crippen LogP contribution in [-0.4, -0.2) is 34.8 Å². The lowest BCUT2D eigenvalue weighted by molar-refractivity contribution is 0.304. The van der Waals surface area contributed by atoms with E-state index in [4.69, 9.17) is 14.2 Å². The van der Waals surface area contributed by atoms with Gasteiger partial charge in [-0.05, 0) is 218 Å². The quantitative estimate of drug-likeness (QED) is 0.0355. The van der Waals surface area contributed by atoms with Gasteiger partial charge in [0, 0.05) is 35.7 Å². The summed E-state index contributed by atoms with van der Waals surface area (Å²) in [7, 11) is 0. The summed E-state index contributed by atoms with van der Waals surface area (Å²) in [5.74, 6) is 2.89. The molecule has 96 heavy (non-hydrogen) atoms. The number of rotatable bonds is 42. The second-order valence-electron chi connectivity index (χ2n) is 26.2. The Labute approximate surface area is 581 Å². The summed E-state index contributed by atoms with van der Waals surface area (Å²) in [6.45, 7) is 15.9. The predicted octanol–water partition coefficient (Wildman–Crippen LogP) is 24.7. The molecule has 0 fully saturated rings. The van der Waals surface area contributed by atoms with Gasteiger partial charge in [0.2, 0.25) is 0 Å². The van der Waals surface area contributed by atoms with Crippen LogP contribution in [0.3, 0.4) is 0 Å². The standard InChI is InChI=1S/C31H41NO.C30H39NO.C29H37NO/c1-3-5-7-8-10-24-33-31-22-18-29(19-23-31)28-16-12-26(13-17-28)14-20-30-21-15-27(25-32-30)11-9-6-4-2;1-3-5-7-9-23-32-30-21-17-28(18-22-30)27-15-11-25(12-16-27)13-19-29-20-14-26(24-31-29)10-8-6-4-2;1-3-5-7-9-25-13-19-28(30-23-25)18-12-24-10-14-26(15-11-24)27-16-20-29(21-17-27)31-22-8-6-4-2/h12-13,15-19,21-23,25H,3-11,14,20,24H2,1-2H3;11-12,14-18,20-22,24H,3-10,13,19,23H2,1-2H3;10-11,13-17,19-21,23H,3-9,12,18,22H2,1-2H3. The average Bonchev–Trinajstić information content (AvgIpc) is 2.43. The summed E-state index contributed by atoms with van der Waals surface area (Å²) in [4.78, 5) is 14.0. The predicted molar refractivity (Wildman–Crippen MR) is 409 cm³/mol.